The average Bonchev–Trinajstić information content (AvgIpc) is 3.67. The molecule has 0 fully saturated rings. The Morgan fingerprint density at radius 2 is 0.537 bits per heavy atom. The van der Waals surface area contributed by atoms with Crippen LogP contribution in [0.1, 0.15) is 108 Å². The smallest absolute Gasteiger partial charge is 0.0730 e. The Morgan fingerprint density at radius 1 is 0.333 bits per heavy atom. The maximum absolute atomic E-state index is 5.56. The van der Waals surface area contributed by atoms with Gasteiger partial charge in [-0.2, -0.15) is 0 Å². The predicted octanol–water partition coefficient (Wildman–Crippen LogP) is 14.6. The van der Waals surface area contributed by atoms with Gasteiger partial charge in [-0.25, -0.2) is 9.97 Å². The summed E-state index contributed by atoms with van der Waals surface area (Å²) < 4.78 is 0. The highest BCUT2D eigenvalue weighted by Gasteiger charge is 2.24. The van der Waals surface area contributed by atoms with Gasteiger partial charge in [0.25, 0.3) is 0 Å². The molecule has 0 aliphatic carbocycles. The van der Waals surface area contributed by atoms with E-state index in [-0.39, 0.29) is 24.5 Å². The largest absolute Gasteiger partial charge is 0.353 e. The molecule has 5 heterocycles. The van der Waals surface area contributed by atoms with Crippen molar-refractivity contribution in [1.29, 1.82) is 0 Å². The summed E-state index contributed by atoms with van der Waals surface area (Å²) in [5, 5.41) is 9.34. The molecule has 0 saturated carbocycles. The number of nitrogens with zero attached hydrogens (tertiary/aromatic N) is 2. The standard InChI is InChI=1S/C50H52N4.2H2/c1-47(2,3)27-19-31-32-20-28(48(4,5)6)24-36-41-17-14-18-42(52-41)38-26-30(50(10,11)12)22-34-33-21-29(49(7,8)9)25-37(45(33)54-46(34)38)40-16-13-15-39(51-40)35(23-27)43(31)53-44(32)36;;/h13-26,53-54H,1-12H3;2*1H. The molecule has 9 rings (SSSR count). The van der Waals surface area contributed by atoms with Crippen LogP contribution in [0.5, 0.6) is 0 Å². The molecule has 0 amide bonds. The van der Waals surface area contributed by atoms with Crippen LogP contribution in [-0.4, -0.2) is 19.9 Å². The van der Waals surface area contributed by atoms with E-state index in [2.05, 4.69) is 178 Å². The first-order valence-corrected chi connectivity index (χ1v) is 19.5. The second-order valence-corrected chi connectivity index (χ2v) is 19.9. The number of benzene rings is 4. The van der Waals surface area contributed by atoms with Crippen molar-refractivity contribution in [2.45, 2.75) is 105 Å². The predicted molar refractivity (Wildman–Crippen MR) is 239 cm³/mol. The summed E-state index contributed by atoms with van der Waals surface area (Å²) in [6.07, 6.45) is 0. The zero-order valence-electron chi connectivity index (χ0n) is 34.0. The third-order valence-electron chi connectivity index (χ3n) is 11.7. The highest BCUT2D eigenvalue weighted by Crippen LogP contribution is 2.42. The molecule has 0 radical (unpaired) electrons. The second kappa shape index (κ2) is 11.2. The Hall–Kier alpha value is -5.22. The fraction of sp³-hybridized carbons (Fsp3) is 0.320. The van der Waals surface area contributed by atoms with Crippen molar-refractivity contribution in [3.63, 3.8) is 0 Å². The van der Waals surface area contributed by atoms with Crippen LogP contribution in [0.2, 0.25) is 0 Å². The number of fused-ring (bicyclic) bond motifs is 10. The highest BCUT2D eigenvalue weighted by atomic mass is 14.8. The summed E-state index contributed by atoms with van der Waals surface area (Å²) in [6, 6.07) is 32.1. The summed E-state index contributed by atoms with van der Waals surface area (Å²) in [6.45, 7) is 27.6. The van der Waals surface area contributed by atoms with E-state index in [4.69, 9.17) is 9.97 Å². The van der Waals surface area contributed by atoms with Crippen molar-refractivity contribution in [1.82, 2.24) is 19.9 Å². The highest BCUT2D eigenvalue weighted by molar-refractivity contribution is 6.23. The molecule has 0 aliphatic rings. The maximum atomic E-state index is 5.56. The topological polar surface area (TPSA) is 57.4 Å². The summed E-state index contributed by atoms with van der Waals surface area (Å²) in [5.74, 6) is 0. The molecular formula is C50H56N4. The first-order chi connectivity index (χ1) is 25.3. The molecule has 0 aliphatic heterocycles. The molecule has 0 spiro atoms. The van der Waals surface area contributed by atoms with Gasteiger partial charge < -0.3 is 9.97 Å². The second-order valence-electron chi connectivity index (χ2n) is 19.9. The summed E-state index contributed by atoms with van der Waals surface area (Å²) in [5.41, 5.74) is 13.1. The van der Waals surface area contributed by atoms with Crippen LogP contribution >= 0.6 is 0 Å². The van der Waals surface area contributed by atoms with Crippen LogP contribution in [0.4, 0.5) is 0 Å². The zero-order valence-corrected chi connectivity index (χ0v) is 34.0. The minimum absolute atomic E-state index is 0. The van der Waals surface area contributed by atoms with E-state index in [0.717, 1.165) is 65.7 Å². The van der Waals surface area contributed by atoms with Gasteiger partial charge in [0.05, 0.1) is 44.1 Å². The SMILES string of the molecule is CC(C)(C)c1cc2c3cccc(n3)c3cc(C(C)(C)C)cc4c5cc(C(C)(C)C)cc(c6cccc(n6)c6cc(C(C)(C)C)cc7c(c1)c2[nH]c67)c5[nH]c34.[HH].[HH]. The third kappa shape index (κ3) is 5.40. The fourth-order valence-electron chi connectivity index (χ4n) is 8.22. The molecule has 9 aromatic rings. The fourth-order valence-corrected chi connectivity index (χ4v) is 8.22. The maximum Gasteiger partial charge on any atom is 0.0730 e. The number of H-pyrrole nitrogens is 2. The molecule has 0 unspecified atom stereocenters. The lowest BCUT2D eigenvalue weighted by atomic mass is 9.83. The Balaban J connectivity index is 0.00000240. The van der Waals surface area contributed by atoms with Crippen molar-refractivity contribution >= 4 is 87.2 Å². The quantitative estimate of drug-likeness (QED) is 0.164. The summed E-state index contributed by atoms with van der Waals surface area (Å²) in [7, 11) is 0. The molecule has 8 bridgehead atoms. The molecule has 276 valence electrons. The van der Waals surface area contributed by atoms with Gasteiger partial charge in [0, 0.05) is 45.9 Å². The molecule has 5 aromatic heterocycles. The number of hydrogen-bond acceptors (Lipinski definition) is 2. The van der Waals surface area contributed by atoms with E-state index < -0.39 is 0 Å². The lowest BCUT2D eigenvalue weighted by molar-refractivity contribution is 0.591. The van der Waals surface area contributed by atoms with Crippen LogP contribution in [0.25, 0.3) is 87.2 Å². The lowest BCUT2D eigenvalue weighted by Gasteiger charge is -2.21. The Bertz CT molecular complexity index is 2670. The van der Waals surface area contributed by atoms with Crippen molar-refractivity contribution in [3.8, 4) is 0 Å². The normalized spacial score (nSPS) is 13.6. The van der Waals surface area contributed by atoms with E-state index in [1.54, 1.807) is 0 Å². The van der Waals surface area contributed by atoms with Crippen LogP contribution in [0.3, 0.4) is 0 Å². The van der Waals surface area contributed by atoms with Crippen molar-refractivity contribution in [2.75, 3.05) is 0 Å². The number of nitrogens with one attached hydrogen (secondary N) is 2. The number of aromatic nitrogens is 4. The molecular weight excluding hydrogens is 657 g/mol. The lowest BCUT2D eigenvalue weighted by Crippen LogP contribution is -2.11. The minimum atomic E-state index is -0.0660. The molecule has 0 atom stereocenters. The number of hydrogen-bond donors (Lipinski definition) is 2. The van der Waals surface area contributed by atoms with Gasteiger partial charge in [-0.3, -0.25) is 0 Å². The first kappa shape index (κ1) is 34.5. The third-order valence-corrected chi connectivity index (χ3v) is 11.7. The number of pyridine rings is 2. The monoisotopic (exact) mass is 712 g/mol. The molecule has 0 saturated heterocycles. The zero-order chi connectivity index (χ0) is 38.3. The Morgan fingerprint density at radius 3 is 0.741 bits per heavy atom. The summed E-state index contributed by atoms with van der Waals surface area (Å²) >= 11 is 0. The van der Waals surface area contributed by atoms with E-state index in [1.165, 1.54) is 43.8 Å². The molecule has 4 nitrogen and oxygen atoms in total. The number of rotatable bonds is 0. The molecule has 4 aromatic carbocycles. The van der Waals surface area contributed by atoms with Crippen LogP contribution in [0.15, 0.2) is 84.9 Å². The number of aromatic amines is 2. The van der Waals surface area contributed by atoms with E-state index >= 15 is 0 Å². The van der Waals surface area contributed by atoms with E-state index in [1.807, 2.05) is 0 Å². The van der Waals surface area contributed by atoms with Gasteiger partial charge >= 0.3 is 0 Å². The summed E-state index contributed by atoms with van der Waals surface area (Å²) in [4.78, 5) is 19.1. The Kier molecular flexibility index (Phi) is 7.14. The minimum Gasteiger partial charge on any atom is -0.353 e. The molecule has 4 heteroatoms. The van der Waals surface area contributed by atoms with Gasteiger partial charge in [-0.1, -0.05) is 95.2 Å². The van der Waals surface area contributed by atoms with Gasteiger partial charge in [0.1, 0.15) is 0 Å². The van der Waals surface area contributed by atoms with Crippen LogP contribution in [0, 0.1) is 0 Å². The molecule has 2 N–H and O–H groups in total. The average molecular weight is 713 g/mol. The van der Waals surface area contributed by atoms with E-state index in [0.29, 0.717) is 0 Å². The molecule has 54 heavy (non-hydrogen) atoms. The van der Waals surface area contributed by atoms with Gasteiger partial charge in [0.15, 0.2) is 0 Å². The van der Waals surface area contributed by atoms with Gasteiger partial charge in [-0.15, -0.1) is 0 Å². The van der Waals surface area contributed by atoms with Crippen molar-refractivity contribution < 1.29 is 2.85 Å². The Labute approximate surface area is 321 Å². The van der Waals surface area contributed by atoms with Crippen LogP contribution in [-0.2, 0) is 21.7 Å². The first-order valence-electron chi connectivity index (χ1n) is 19.5. The van der Waals surface area contributed by atoms with Crippen molar-refractivity contribution in [3.05, 3.63) is 107 Å². The van der Waals surface area contributed by atoms with Crippen LogP contribution < -0.4 is 0 Å². The van der Waals surface area contributed by atoms with Gasteiger partial charge in [0.2, 0.25) is 0 Å². The van der Waals surface area contributed by atoms with E-state index in [9.17, 15) is 0 Å². The van der Waals surface area contributed by atoms with Gasteiger partial charge in [-0.05, 0) is 117 Å². The van der Waals surface area contributed by atoms with Crippen molar-refractivity contribution in [2.24, 2.45) is 0 Å².